The monoisotopic (exact) mass is 407 g/mol. The van der Waals surface area contributed by atoms with Crippen LogP contribution in [0.1, 0.15) is 30.4 Å². The van der Waals surface area contributed by atoms with Crippen molar-refractivity contribution in [3.05, 3.63) is 65.7 Å². The molecule has 1 amide bonds. The van der Waals surface area contributed by atoms with Crippen molar-refractivity contribution in [2.45, 2.75) is 37.4 Å². The summed E-state index contributed by atoms with van der Waals surface area (Å²) in [5.41, 5.74) is 3.65. The molecule has 0 aromatic heterocycles. The molecule has 4 rings (SSSR count). The Morgan fingerprint density at radius 3 is 2.53 bits per heavy atom. The predicted octanol–water partition coefficient (Wildman–Crippen LogP) is 3.19. The minimum absolute atomic E-state index is 0.0671. The van der Waals surface area contributed by atoms with E-state index in [9.17, 15) is 4.79 Å². The van der Waals surface area contributed by atoms with Gasteiger partial charge in [-0.15, -0.1) is 0 Å². The van der Waals surface area contributed by atoms with Crippen molar-refractivity contribution < 1.29 is 9.53 Å². The van der Waals surface area contributed by atoms with Gasteiger partial charge in [-0.2, -0.15) is 0 Å². The number of para-hydroxylation sites is 1. The third kappa shape index (κ3) is 4.68. The molecule has 1 atom stereocenters. The van der Waals surface area contributed by atoms with E-state index in [1.54, 1.807) is 0 Å². The number of carbonyl (C=O) groups is 1. The van der Waals surface area contributed by atoms with Crippen molar-refractivity contribution in [1.29, 1.82) is 0 Å². The van der Waals surface area contributed by atoms with Crippen LogP contribution in [-0.2, 0) is 21.6 Å². The van der Waals surface area contributed by atoms with Crippen LogP contribution in [0.15, 0.2) is 54.6 Å². The SMILES string of the molecule is CN(C)CCNC(=O)CC1Cc2ccccc2C2(CCN(c3ccccc3)CC2)O1. The molecule has 5 heteroatoms. The van der Waals surface area contributed by atoms with Crippen LogP contribution in [0.5, 0.6) is 0 Å². The van der Waals surface area contributed by atoms with Crippen molar-refractivity contribution in [2.75, 3.05) is 45.2 Å². The molecule has 1 fully saturated rings. The first-order chi connectivity index (χ1) is 14.6. The molecular formula is C25H33N3O2. The second-order valence-electron chi connectivity index (χ2n) is 8.78. The normalized spacial score (nSPS) is 20.2. The van der Waals surface area contributed by atoms with Gasteiger partial charge in [-0.1, -0.05) is 42.5 Å². The van der Waals surface area contributed by atoms with Crippen LogP contribution in [0.25, 0.3) is 0 Å². The molecule has 2 aliphatic rings. The Hall–Kier alpha value is -2.37. The van der Waals surface area contributed by atoms with Gasteiger partial charge < -0.3 is 19.9 Å². The molecule has 160 valence electrons. The van der Waals surface area contributed by atoms with Gasteiger partial charge >= 0.3 is 0 Å². The molecule has 0 bridgehead atoms. The van der Waals surface area contributed by atoms with E-state index in [4.69, 9.17) is 4.74 Å². The van der Waals surface area contributed by atoms with Crippen molar-refractivity contribution in [3.63, 3.8) is 0 Å². The fraction of sp³-hybridized carbons (Fsp3) is 0.480. The van der Waals surface area contributed by atoms with E-state index in [0.717, 1.165) is 38.9 Å². The molecule has 0 radical (unpaired) electrons. The maximum absolute atomic E-state index is 12.5. The highest BCUT2D eigenvalue weighted by Crippen LogP contribution is 2.44. The fourth-order valence-corrected chi connectivity index (χ4v) is 4.78. The molecule has 0 saturated carbocycles. The summed E-state index contributed by atoms with van der Waals surface area (Å²) in [5.74, 6) is 0.0816. The number of fused-ring (bicyclic) bond motifs is 2. The molecule has 1 spiro atoms. The summed E-state index contributed by atoms with van der Waals surface area (Å²) in [6, 6.07) is 19.2. The second-order valence-corrected chi connectivity index (χ2v) is 8.78. The number of likely N-dealkylation sites (N-methyl/N-ethyl adjacent to an activating group) is 1. The molecule has 0 aliphatic carbocycles. The van der Waals surface area contributed by atoms with Crippen molar-refractivity contribution in [1.82, 2.24) is 10.2 Å². The van der Waals surface area contributed by atoms with Gasteiger partial charge in [0.15, 0.2) is 0 Å². The highest BCUT2D eigenvalue weighted by atomic mass is 16.5. The zero-order chi connectivity index (χ0) is 21.0. The Bertz CT molecular complexity index is 844. The number of nitrogens with one attached hydrogen (secondary N) is 1. The number of benzene rings is 2. The minimum Gasteiger partial charge on any atom is -0.371 e. The first-order valence-corrected chi connectivity index (χ1v) is 11.0. The smallest absolute Gasteiger partial charge is 0.222 e. The highest BCUT2D eigenvalue weighted by molar-refractivity contribution is 5.76. The maximum Gasteiger partial charge on any atom is 0.222 e. The number of nitrogens with zero attached hydrogens (tertiary/aromatic N) is 2. The first kappa shape index (κ1) is 20.9. The molecule has 1 saturated heterocycles. The Morgan fingerprint density at radius 1 is 1.10 bits per heavy atom. The molecule has 1 N–H and O–H groups in total. The van der Waals surface area contributed by atoms with E-state index < -0.39 is 0 Å². The van der Waals surface area contributed by atoms with Crippen LogP contribution >= 0.6 is 0 Å². The topological polar surface area (TPSA) is 44.8 Å². The first-order valence-electron chi connectivity index (χ1n) is 11.0. The van der Waals surface area contributed by atoms with Gasteiger partial charge in [0.05, 0.1) is 18.1 Å². The van der Waals surface area contributed by atoms with Gasteiger partial charge in [-0.25, -0.2) is 0 Å². The molecule has 2 heterocycles. The standard InChI is InChI=1S/C25H33N3O2/c1-27(2)17-14-26-24(29)19-22-18-20-8-6-7-11-23(20)25(30-22)12-15-28(16-13-25)21-9-4-3-5-10-21/h3-11,22H,12-19H2,1-2H3,(H,26,29). The Balaban J connectivity index is 1.45. The summed E-state index contributed by atoms with van der Waals surface area (Å²) in [4.78, 5) is 17.0. The van der Waals surface area contributed by atoms with Crippen LogP contribution < -0.4 is 10.2 Å². The average molecular weight is 408 g/mol. The molecule has 5 nitrogen and oxygen atoms in total. The average Bonchev–Trinajstić information content (AvgIpc) is 2.75. The summed E-state index contributed by atoms with van der Waals surface area (Å²) >= 11 is 0. The Morgan fingerprint density at radius 2 is 1.80 bits per heavy atom. The summed E-state index contributed by atoms with van der Waals surface area (Å²) in [5, 5.41) is 3.04. The Labute approximate surface area is 180 Å². The van der Waals surface area contributed by atoms with E-state index in [-0.39, 0.29) is 17.6 Å². The molecule has 2 aromatic rings. The van der Waals surface area contributed by atoms with E-state index in [0.29, 0.717) is 13.0 Å². The molecule has 1 unspecified atom stereocenters. The summed E-state index contributed by atoms with van der Waals surface area (Å²) in [6.07, 6.45) is 3.05. The van der Waals surface area contributed by atoms with E-state index in [1.807, 2.05) is 14.1 Å². The van der Waals surface area contributed by atoms with Crippen LogP contribution in [0.2, 0.25) is 0 Å². The number of carbonyl (C=O) groups excluding carboxylic acids is 1. The fourth-order valence-electron chi connectivity index (χ4n) is 4.78. The number of piperidine rings is 1. The predicted molar refractivity (Wildman–Crippen MR) is 121 cm³/mol. The van der Waals surface area contributed by atoms with Crippen LogP contribution in [-0.4, -0.2) is 57.2 Å². The zero-order valence-corrected chi connectivity index (χ0v) is 18.1. The second kappa shape index (κ2) is 9.19. The van der Waals surface area contributed by atoms with Gasteiger partial charge in [0.1, 0.15) is 0 Å². The number of ether oxygens (including phenoxy) is 1. The third-order valence-corrected chi connectivity index (χ3v) is 6.33. The maximum atomic E-state index is 12.5. The molecule has 2 aliphatic heterocycles. The van der Waals surface area contributed by atoms with Gasteiger partial charge in [0, 0.05) is 31.9 Å². The lowest BCUT2D eigenvalue weighted by atomic mass is 9.77. The van der Waals surface area contributed by atoms with Crippen LogP contribution in [0, 0.1) is 0 Å². The van der Waals surface area contributed by atoms with Crippen molar-refractivity contribution >= 4 is 11.6 Å². The van der Waals surface area contributed by atoms with Gasteiger partial charge in [-0.3, -0.25) is 4.79 Å². The highest BCUT2D eigenvalue weighted by Gasteiger charge is 2.43. The van der Waals surface area contributed by atoms with Crippen LogP contribution in [0.3, 0.4) is 0 Å². The largest absolute Gasteiger partial charge is 0.371 e. The van der Waals surface area contributed by atoms with Gasteiger partial charge in [-0.05, 0) is 56.6 Å². The van der Waals surface area contributed by atoms with Crippen molar-refractivity contribution in [3.8, 4) is 0 Å². The van der Waals surface area contributed by atoms with E-state index in [1.165, 1.54) is 16.8 Å². The lowest BCUT2D eigenvalue weighted by Gasteiger charge is -2.48. The number of hydrogen-bond acceptors (Lipinski definition) is 4. The zero-order valence-electron chi connectivity index (χ0n) is 18.1. The van der Waals surface area contributed by atoms with Crippen molar-refractivity contribution in [2.24, 2.45) is 0 Å². The minimum atomic E-state index is -0.283. The van der Waals surface area contributed by atoms with E-state index in [2.05, 4.69) is 69.7 Å². The number of amides is 1. The summed E-state index contributed by atoms with van der Waals surface area (Å²) in [6.45, 7) is 3.44. The third-order valence-electron chi connectivity index (χ3n) is 6.33. The molecule has 30 heavy (non-hydrogen) atoms. The van der Waals surface area contributed by atoms with E-state index >= 15 is 0 Å². The lowest BCUT2D eigenvalue weighted by Crippen LogP contribution is -2.49. The lowest BCUT2D eigenvalue weighted by molar-refractivity contribution is -0.141. The summed E-state index contributed by atoms with van der Waals surface area (Å²) < 4.78 is 6.73. The summed E-state index contributed by atoms with van der Waals surface area (Å²) in [7, 11) is 4.03. The van der Waals surface area contributed by atoms with Gasteiger partial charge in [0.2, 0.25) is 5.91 Å². The number of anilines is 1. The number of hydrogen-bond donors (Lipinski definition) is 1. The quantitative estimate of drug-likeness (QED) is 0.799. The molecular weight excluding hydrogens is 374 g/mol. The Kier molecular flexibility index (Phi) is 6.40. The molecule has 2 aromatic carbocycles. The van der Waals surface area contributed by atoms with Gasteiger partial charge in [0.25, 0.3) is 0 Å². The van der Waals surface area contributed by atoms with Crippen LogP contribution in [0.4, 0.5) is 5.69 Å². The number of rotatable bonds is 6.